The van der Waals surface area contributed by atoms with Crippen molar-refractivity contribution in [1.82, 2.24) is 20.9 Å². The van der Waals surface area contributed by atoms with E-state index in [0.29, 0.717) is 41.1 Å². The molecule has 0 radical (unpaired) electrons. The van der Waals surface area contributed by atoms with Gasteiger partial charge in [-0.3, -0.25) is 14.4 Å². The Labute approximate surface area is 203 Å². The first kappa shape index (κ1) is 25.4. The minimum Gasteiger partial charge on any atom is -0.497 e. The van der Waals surface area contributed by atoms with Crippen LogP contribution in [0.1, 0.15) is 50.5 Å². The van der Waals surface area contributed by atoms with Crippen LogP contribution < -0.4 is 20.7 Å². The fraction of sp³-hybridized carbons (Fsp3) is 0.500. The van der Waals surface area contributed by atoms with Crippen molar-refractivity contribution in [1.29, 1.82) is 5.26 Å². The number of fused-ring (bicyclic) bond motifs is 1. The summed E-state index contributed by atoms with van der Waals surface area (Å²) in [5.74, 6) is -0.799. The summed E-state index contributed by atoms with van der Waals surface area (Å²) in [5, 5.41) is 18.9. The average Bonchev–Trinajstić information content (AvgIpc) is 3.38. The number of carbonyl (C=O) groups excluding carboxylic acids is 3. The van der Waals surface area contributed by atoms with Gasteiger partial charge in [0.05, 0.1) is 23.7 Å². The summed E-state index contributed by atoms with van der Waals surface area (Å²) in [4.78, 5) is 41.0. The van der Waals surface area contributed by atoms with Gasteiger partial charge >= 0.3 is 0 Å². The molecular weight excluding hydrogens is 458 g/mol. The zero-order valence-corrected chi connectivity index (χ0v) is 20.5. The highest BCUT2D eigenvalue weighted by Gasteiger charge is 2.32. The number of H-pyrrole nitrogens is 1. The van der Waals surface area contributed by atoms with E-state index in [1.165, 1.54) is 7.11 Å². The fourth-order valence-corrected chi connectivity index (χ4v) is 4.31. The largest absolute Gasteiger partial charge is 0.497 e. The molecule has 4 N–H and O–H groups in total. The Kier molecular flexibility index (Phi) is 7.72. The monoisotopic (exact) mass is 487 g/mol. The number of carbonyl (C=O) groups is 3. The number of ether oxygens (including phenoxy) is 1. The van der Waals surface area contributed by atoms with E-state index in [0.717, 1.165) is 0 Å². The number of benzene rings is 1. The zero-order chi connectivity index (χ0) is 25.0. The van der Waals surface area contributed by atoms with Crippen LogP contribution in [0.15, 0.2) is 18.2 Å². The van der Waals surface area contributed by atoms with E-state index >= 15 is 0 Å². The van der Waals surface area contributed by atoms with Crippen molar-refractivity contribution < 1.29 is 19.1 Å². The first-order valence-corrected chi connectivity index (χ1v) is 11.5. The molecule has 3 unspecified atom stereocenters. The van der Waals surface area contributed by atoms with E-state index < -0.39 is 23.9 Å². The topological polar surface area (TPSA) is 136 Å². The molecular formula is C24H30ClN5O4. The first-order chi connectivity index (χ1) is 16.0. The molecule has 0 bridgehead atoms. The Bertz CT molecular complexity index is 1130. The molecule has 3 amide bonds. The third-order valence-corrected chi connectivity index (χ3v) is 6.03. The number of hydrogen-bond donors (Lipinski definition) is 4. The molecule has 0 saturated carbocycles. The number of aromatic nitrogens is 1. The second-order valence-electron chi connectivity index (χ2n) is 9.75. The first-order valence-electron chi connectivity index (χ1n) is 11.2. The summed E-state index contributed by atoms with van der Waals surface area (Å²) >= 11 is 6.29. The van der Waals surface area contributed by atoms with Crippen LogP contribution in [0.2, 0.25) is 5.02 Å². The van der Waals surface area contributed by atoms with E-state index in [9.17, 15) is 19.6 Å². The van der Waals surface area contributed by atoms with Gasteiger partial charge < -0.3 is 25.7 Å². The molecule has 1 fully saturated rings. The smallest absolute Gasteiger partial charge is 0.268 e. The standard InChI is InChI=1S/C24H30ClN5O4/c1-24(2,3)11-19(23(33)28-15(12-26)7-13-5-6-27-21(13)31)30-22(32)18-9-14-8-16(34-4)10-17(25)20(14)29-18/h8-10,13,15,19,29H,5-7,11H2,1-4H3,(H,27,31)(H,28,33)(H,30,32). The zero-order valence-electron chi connectivity index (χ0n) is 19.8. The summed E-state index contributed by atoms with van der Waals surface area (Å²) in [5.41, 5.74) is 0.556. The van der Waals surface area contributed by atoms with Crippen LogP contribution in [0.4, 0.5) is 0 Å². The van der Waals surface area contributed by atoms with Gasteiger partial charge in [0.15, 0.2) is 0 Å². The maximum Gasteiger partial charge on any atom is 0.268 e. The van der Waals surface area contributed by atoms with Crippen LogP contribution >= 0.6 is 11.6 Å². The predicted molar refractivity (Wildman–Crippen MR) is 128 cm³/mol. The van der Waals surface area contributed by atoms with Gasteiger partial charge in [0.25, 0.3) is 5.91 Å². The molecule has 182 valence electrons. The van der Waals surface area contributed by atoms with E-state index in [4.69, 9.17) is 16.3 Å². The molecule has 1 saturated heterocycles. The summed E-state index contributed by atoms with van der Waals surface area (Å²) in [7, 11) is 1.53. The van der Waals surface area contributed by atoms with Crippen molar-refractivity contribution in [2.45, 2.75) is 52.1 Å². The predicted octanol–water partition coefficient (Wildman–Crippen LogP) is 2.90. The molecule has 1 aliphatic rings. The second-order valence-corrected chi connectivity index (χ2v) is 10.2. The van der Waals surface area contributed by atoms with Crippen LogP contribution in [0, 0.1) is 22.7 Å². The normalized spacial score (nSPS) is 17.5. The summed E-state index contributed by atoms with van der Waals surface area (Å²) in [6, 6.07) is 5.39. The summed E-state index contributed by atoms with van der Waals surface area (Å²) in [6.45, 7) is 6.44. The van der Waals surface area contributed by atoms with Gasteiger partial charge in [-0.25, -0.2) is 0 Å². The highest BCUT2D eigenvalue weighted by atomic mass is 35.5. The van der Waals surface area contributed by atoms with Gasteiger partial charge in [0.1, 0.15) is 23.5 Å². The molecule has 1 aliphatic heterocycles. The number of hydrogen-bond acceptors (Lipinski definition) is 5. The van der Waals surface area contributed by atoms with Crippen LogP contribution in [0.5, 0.6) is 5.75 Å². The molecule has 10 heteroatoms. The molecule has 2 heterocycles. The number of amides is 3. The van der Waals surface area contributed by atoms with Gasteiger partial charge in [-0.15, -0.1) is 0 Å². The number of rotatable bonds is 8. The van der Waals surface area contributed by atoms with E-state index in [2.05, 4.69) is 27.0 Å². The summed E-state index contributed by atoms with van der Waals surface area (Å²) < 4.78 is 5.22. The lowest BCUT2D eigenvalue weighted by Crippen LogP contribution is -2.51. The molecule has 9 nitrogen and oxygen atoms in total. The molecule has 3 atom stereocenters. The van der Waals surface area contributed by atoms with Crippen molar-refractivity contribution >= 4 is 40.2 Å². The Morgan fingerprint density at radius 2 is 2.03 bits per heavy atom. The maximum absolute atomic E-state index is 13.1. The molecule has 2 aromatic rings. The van der Waals surface area contributed by atoms with Crippen molar-refractivity contribution in [3.05, 3.63) is 28.9 Å². The maximum atomic E-state index is 13.1. The third-order valence-electron chi connectivity index (χ3n) is 5.73. The minimum absolute atomic E-state index is 0.108. The average molecular weight is 488 g/mol. The highest BCUT2D eigenvalue weighted by Crippen LogP contribution is 2.29. The molecule has 1 aromatic carbocycles. The summed E-state index contributed by atoms with van der Waals surface area (Å²) in [6.07, 6.45) is 1.21. The van der Waals surface area contributed by atoms with Crippen molar-refractivity contribution in [3.63, 3.8) is 0 Å². The second kappa shape index (κ2) is 10.3. The molecule has 3 rings (SSSR count). The Hall–Kier alpha value is -3.25. The van der Waals surface area contributed by atoms with Crippen molar-refractivity contribution in [2.75, 3.05) is 13.7 Å². The van der Waals surface area contributed by atoms with Gasteiger partial charge in [0, 0.05) is 23.9 Å². The number of methoxy groups -OCH3 is 1. The van der Waals surface area contributed by atoms with E-state index in [1.54, 1.807) is 18.2 Å². The van der Waals surface area contributed by atoms with Crippen LogP contribution in [-0.4, -0.2) is 48.4 Å². The molecule has 0 spiro atoms. The Morgan fingerprint density at radius 1 is 1.29 bits per heavy atom. The number of aromatic amines is 1. The van der Waals surface area contributed by atoms with Gasteiger partial charge in [-0.05, 0) is 36.8 Å². The SMILES string of the molecule is COc1cc(Cl)c2[nH]c(C(=O)NC(CC(C)(C)C)C(=O)NC(C#N)CC3CCNC3=O)cc2c1. The third kappa shape index (κ3) is 6.20. The van der Waals surface area contributed by atoms with E-state index in [1.807, 2.05) is 20.8 Å². The lowest BCUT2D eigenvalue weighted by atomic mass is 9.87. The molecule has 0 aliphatic carbocycles. The lowest BCUT2D eigenvalue weighted by molar-refractivity contribution is -0.125. The highest BCUT2D eigenvalue weighted by molar-refractivity contribution is 6.35. The minimum atomic E-state index is -0.878. The van der Waals surface area contributed by atoms with Gasteiger partial charge in [0.2, 0.25) is 11.8 Å². The fourth-order valence-electron chi connectivity index (χ4n) is 4.04. The van der Waals surface area contributed by atoms with Crippen molar-refractivity contribution in [2.24, 2.45) is 11.3 Å². The van der Waals surface area contributed by atoms with Gasteiger partial charge in [-0.2, -0.15) is 5.26 Å². The molecule has 34 heavy (non-hydrogen) atoms. The Morgan fingerprint density at radius 3 is 2.62 bits per heavy atom. The Balaban J connectivity index is 1.76. The van der Waals surface area contributed by atoms with Gasteiger partial charge in [-0.1, -0.05) is 32.4 Å². The van der Waals surface area contributed by atoms with E-state index in [-0.39, 0.29) is 29.4 Å². The number of halogens is 1. The van der Waals surface area contributed by atoms with Crippen LogP contribution in [0.25, 0.3) is 10.9 Å². The quantitative estimate of drug-likeness (QED) is 0.454. The van der Waals surface area contributed by atoms with Crippen molar-refractivity contribution in [3.8, 4) is 11.8 Å². The number of nitriles is 1. The number of nitrogens with zero attached hydrogens (tertiary/aromatic N) is 1. The number of nitrogens with one attached hydrogen (secondary N) is 4. The lowest BCUT2D eigenvalue weighted by Gasteiger charge is -2.27. The molecule has 1 aromatic heterocycles. The van der Waals surface area contributed by atoms with Crippen LogP contribution in [0.3, 0.4) is 0 Å². The van der Waals surface area contributed by atoms with Crippen LogP contribution in [-0.2, 0) is 9.59 Å².